The lowest BCUT2D eigenvalue weighted by Crippen LogP contribution is -2.44. The van der Waals surface area contributed by atoms with Gasteiger partial charge in [0.1, 0.15) is 0 Å². The van der Waals surface area contributed by atoms with Gasteiger partial charge in [-0.15, -0.1) is 0 Å². The van der Waals surface area contributed by atoms with Crippen LogP contribution in [0.3, 0.4) is 0 Å². The van der Waals surface area contributed by atoms with Crippen molar-refractivity contribution in [3.05, 3.63) is 0 Å². The second-order valence-electron chi connectivity index (χ2n) is 3.82. The van der Waals surface area contributed by atoms with Crippen molar-refractivity contribution in [2.45, 2.75) is 24.6 Å². The van der Waals surface area contributed by atoms with E-state index in [1.54, 1.807) is 0 Å². The first-order valence-corrected chi connectivity index (χ1v) is 5.97. The Morgan fingerprint density at radius 2 is 2.42 bits per heavy atom. The quantitative estimate of drug-likeness (QED) is 0.652. The molecule has 0 aromatic heterocycles. The average molecular weight is 186 g/mol. The molecule has 2 rings (SSSR count). The molecule has 0 aliphatic carbocycles. The van der Waals surface area contributed by atoms with E-state index in [1.807, 2.05) is 0 Å². The first kappa shape index (κ1) is 8.85. The maximum atomic E-state index is 3.44. The van der Waals surface area contributed by atoms with Crippen molar-refractivity contribution in [2.75, 3.05) is 31.9 Å². The van der Waals surface area contributed by atoms with Gasteiger partial charge in [0.15, 0.2) is 0 Å². The van der Waals surface area contributed by atoms with Gasteiger partial charge < -0.3 is 5.32 Å². The lowest BCUT2D eigenvalue weighted by molar-refractivity contribution is 0.218. The van der Waals surface area contributed by atoms with E-state index in [1.165, 1.54) is 38.4 Å². The maximum Gasteiger partial charge on any atom is 0.0233 e. The minimum atomic E-state index is 0.841. The third kappa shape index (κ3) is 1.95. The Kier molecular flexibility index (Phi) is 2.94. The molecule has 2 aliphatic rings. The molecule has 0 spiro atoms. The van der Waals surface area contributed by atoms with Crippen LogP contribution >= 0.6 is 11.8 Å². The molecule has 70 valence electrons. The Morgan fingerprint density at radius 1 is 1.50 bits per heavy atom. The minimum absolute atomic E-state index is 0.841. The average Bonchev–Trinajstić information content (AvgIpc) is 2.56. The second kappa shape index (κ2) is 3.99. The number of hydrogen-bond acceptors (Lipinski definition) is 3. The van der Waals surface area contributed by atoms with Crippen molar-refractivity contribution >= 4 is 11.8 Å². The zero-order valence-electron chi connectivity index (χ0n) is 7.75. The lowest BCUT2D eigenvalue weighted by atomic mass is 10.2. The summed E-state index contributed by atoms with van der Waals surface area (Å²) in [4.78, 5) is 2.67. The highest BCUT2D eigenvalue weighted by Crippen LogP contribution is 2.21. The van der Waals surface area contributed by atoms with Crippen molar-refractivity contribution in [2.24, 2.45) is 0 Å². The summed E-state index contributed by atoms with van der Waals surface area (Å²) in [5.41, 5.74) is 0. The van der Waals surface area contributed by atoms with E-state index in [-0.39, 0.29) is 0 Å². The monoisotopic (exact) mass is 186 g/mol. The van der Waals surface area contributed by atoms with Crippen LogP contribution in [-0.4, -0.2) is 48.1 Å². The predicted octanol–water partition coefficient (Wildman–Crippen LogP) is 0.786. The molecule has 2 heterocycles. The second-order valence-corrected chi connectivity index (χ2v) is 5.37. The molecule has 0 amide bonds. The third-order valence-electron chi connectivity index (χ3n) is 2.82. The van der Waals surface area contributed by atoms with Crippen molar-refractivity contribution in [1.29, 1.82) is 0 Å². The normalized spacial score (nSPS) is 38.8. The Labute approximate surface area is 79.1 Å². The van der Waals surface area contributed by atoms with Gasteiger partial charge >= 0.3 is 0 Å². The molecule has 0 radical (unpaired) electrons. The van der Waals surface area contributed by atoms with E-state index in [9.17, 15) is 0 Å². The van der Waals surface area contributed by atoms with Crippen LogP contribution in [0.2, 0.25) is 0 Å². The topological polar surface area (TPSA) is 15.3 Å². The summed E-state index contributed by atoms with van der Waals surface area (Å²) in [7, 11) is 0. The van der Waals surface area contributed by atoms with Gasteiger partial charge in [-0.05, 0) is 13.0 Å². The van der Waals surface area contributed by atoms with E-state index in [4.69, 9.17) is 0 Å². The standard InChI is InChI=1S/C9H18N2S/c1-8-7-11(4-5-12-8)9-2-3-10-6-9/h8-10H,2-7H2,1H3. The van der Waals surface area contributed by atoms with Gasteiger partial charge in [0.25, 0.3) is 0 Å². The highest BCUT2D eigenvalue weighted by Gasteiger charge is 2.25. The van der Waals surface area contributed by atoms with Crippen molar-refractivity contribution in [3.63, 3.8) is 0 Å². The Morgan fingerprint density at radius 3 is 3.08 bits per heavy atom. The van der Waals surface area contributed by atoms with Gasteiger partial charge in [-0.1, -0.05) is 6.92 Å². The lowest BCUT2D eigenvalue weighted by Gasteiger charge is -2.34. The zero-order chi connectivity index (χ0) is 8.39. The molecule has 0 aromatic rings. The summed E-state index contributed by atoms with van der Waals surface area (Å²) in [6.07, 6.45) is 1.36. The van der Waals surface area contributed by atoms with Gasteiger partial charge in [0, 0.05) is 36.7 Å². The number of nitrogens with zero attached hydrogens (tertiary/aromatic N) is 1. The molecule has 2 fully saturated rings. The van der Waals surface area contributed by atoms with Gasteiger partial charge in [0.05, 0.1) is 0 Å². The molecular weight excluding hydrogens is 168 g/mol. The highest BCUT2D eigenvalue weighted by atomic mass is 32.2. The van der Waals surface area contributed by atoms with Crippen LogP contribution in [0.25, 0.3) is 0 Å². The molecule has 12 heavy (non-hydrogen) atoms. The van der Waals surface area contributed by atoms with Gasteiger partial charge in [-0.2, -0.15) is 11.8 Å². The molecule has 2 nitrogen and oxygen atoms in total. The van der Waals surface area contributed by atoms with Crippen LogP contribution in [0.15, 0.2) is 0 Å². The van der Waals surface area contributed by atoms with Gasteiger partial charge in [0.2, 0.25) is 0 Å². The summed E-state index contributed by atoms with van der Waals surface area (Å²) in [5.74, 6) is 1.33. The van der Waals surface area contributed by atoms with E-state index in [2.05, 4.69) is 28.9 Å². The molecule has 0 bridgehead atoms. The van der Waals surface area contributed by atoms with Gasteiger partial charge in [-0.3, -0.25) is 4.90 Å². The molecule has 3 heteroatoms. The fraction of sp³-hybridized carbons (Fsp3) is 1.00. The molecule has 2 unspecified atom stereocenters. The molecule has 2 atom stereocenters. The van der Waals surface area contributed by atoms with E-state index in [0.29, 0.717) is 0 Å². The number of rotatable bonds is 1. The summed E-state index contributed by atoms with van der Waals surface area (Å²) in [6, 6.07) is 0.841. The Hall–Kier alpha value is 0.270. The van der Waals surface area contributed by atoms with Crippen LogP contribution in [0.1, 0.15) is 13.3 Å². The largest absolute Gasteiger partial charge is 0.315 e. The van der Waals surface area contributed by atoms with Crippen molar-refractivity contribution in [1.82, 2.24) is 10.2 Å². The Bertz CT molecular complexity index is 145. The summed E-state index contributed by atoms with van der Waals surface area (Å²) >= 11 is 2.12. The third-order valence-corrected chi connectivity index (χ3v) is 3.96. The zero-order valence-corrected chi connectivity index (χ0v) is 8.57. The SMILES string of the molecule is CC1CN(C2CCNC2)CCS1. The first-order valence-electron chi connectivity index (χ1n) is 4.92. The Balaban J connectivity index is 1.85. The van der Waals surface area contributed by atoms with Crippen LogP contribution < -0.4 is 5.32 Å². The fourth-order valence-corrected chi connectivity index (χ4v) is 3.17. The number of thioether (sulfide) groups is 1. The predicted molar refractivity (Wildman–Crippen MR) is 54.8 cm³/mol. The minimum Gasteiger partial charge on any atom is -0.315 e. The van der Waals surface area contributed by atoms with E-state index >= 15 is 0 Å². The van der Waals surface area contributed by atoms with E-state index < -0.39 is 0 Å². The number of hydrogen-bond donors (Lipinski definition) is 1. The summed E-state index contributed by atoms with van der Waals surface area (Å²) < 4.78 is 0. The first-order chi connectivity index (χ1) is 5.86. The highest BCUT2D eigenvalue weighted by molar-refractivity contribution is 7.99. The number of nitrogens with one attached hydrogen (secondary N) is 1. The molecule has 0 saturated carbocycles. The molecular formula is C9H18N2S. The van der Waals surface area contributed by atoms with Crippen molar-refractivity contribution < 1.29 is 0 Å². The molecule has 0 aromatic carbocycles. The molecule has 2 aliphatic heterocycles. The van der Waals surface area contributed by atoms with Gasteiger partial charge in [-0.25, -0.2) is 0 Å². The summed E-state index contributed by atoms with van der Waals surface area (Å²) in [6.45, 7) is 7.40. The molecule has 2 saturated heterocycles. The summed E-state index contributed by atoms with van der Waals surface area (Å²) in [5, 5.41) is 4.28. The smallest absolute Gasteiger partial charge is 0.0233 e. The van der Waals surface area contributed by atoms with E-state index in [0.717, 1.165) is 11.3 Å². The van der Waals surface area contributed by atoms with Crippen LogP contribution in [0.5, 0.6) is 0 Å². The van der Waals surface area contributed by atoms with Crippen LogP contribution in [0.4, 0.5) is 0 Å². The van der Waals surface area contributed by atoms with Crippen LogP contribution in [0, 0.1) is 0 Å². The van der Waals surface area contributed by atoms with Crippen LogP contribution in [-0.2, 0) is 0 Å². The molecule has 1 N–H and O–H groups in total. The van der Waals surface area contributed by atoms with Crippen molar-refractivity contribution in [3.8, 4) is 0 Å². The fourth-order valence-electron chi connectivity index (χ4n) is 2.13. The maximum absolute atomic E-state index is 3.44.